The van der Waals surface area contributed by atoms with Crippen molar-refractivity contribution in [1.82, 2.24) is 24.7 Å². The molecule has 140 valence electrons. The third kappa shape index (κ3) is 2.79. The molecule has 3 aromatic rings. The standard InChI is InChI=1S/C19H20BrN5O2/c1-10(9-24-17(26)11-7-5-6-8-12(11)18(24)27)15-21-16-13(20)14(19(2,3)4)22-25(16)23-15/h5-8,10H,9H2,1-4H3,(H,21,23). The average molecular weight is 430 g/mol. The fourth-order valence-corrected chi connectivity index (χ4v) is 4.21. The van der Waals surface area contributed by atoms with Crippen LogP contribution in [0.3, 0.4) is 0 Å². The number of hydrogen-bond donors (Lipinski definition) is 1. The number of aromatic amines is 1. The fraction of sp³-hybridized carbons (Fsp3) is 0.368. The van der Waals surface area contributed by atoms with Gasteiger partial charge in [0.25, 0.3) is 11.8 Å². The van der Waals surface area contributed by atoms with Crippen LogP contribution in [0.15, 0.2) is 28.7 Å². The van der Waals surface area contributed by atoms with Gasteiger partial charge in [-0.1, -0.05) is 39.8 Å². The maximum atomic E-state index is 12.6. The predicted octanol–water partition coefficient (Wildman–Crippen LogP) is 3.52. The minimum Gasteiger partial charge on any atom is -0.324 e. The van der Waals surface area contributed by atoms with Gasteiger partial charge in [0.15, 0.2) is 5.65 Å². The SMILES string of the molecule is CC(CN1C(=O)c2ccccc2C1=O)c1nn2nc(C(C)(C)C)c(Br)c2[nH]1. The minimum absolute atomic E-state index is 0.112. The molecule has 0 saturated carbocycles. The molecule has 7 nitrogen and oxygen atoms in total. The van der Waals surface area contributed by atoms with Gasteiger partial charge in [0.05, 0.1) is 21.3 Å². The Labute approximate surface area is 164 Å². The molecule has 1 aromatic carbocycles. The third-order valence-corrected chi connectivity index (χ3v) is 5.52. The molecule has 8 heteroatoms. The first-order valence-corrected chi connectivity index (χ1v) is 9.58. The van der Waals surface area contributed by atoms with E-state index in [1.807, 2.05) is 6.92 Å². The first kappa shape index (κ1) is 17.9. The molecule has 0 radical (unpaired) electrons. The van der Waals surface area contributed by atoms with Crippen LogP contribution in [0.5, 0.6) is 0 Å². The third-order valence-electron chi connectivity index (χ3n) is 4.77. The number of imide groups is 1. The smallest absolute Gasteiger partial charge is 0.261 e. The molecule has 2 amide bonds. The molecule has 0 saturated heterocycles. The Kier molecular flexibility index (Phi) is 3.99. The summed E-state index contributed by atoms with van der Waals surface area (Å²) in [6.07, 6.45) is 0. The van der Waals surface area contributed by atoms with Crippen LogP contribution >= 0.6 is 15.9 Å². The second-order valence-corrected chi connectivity index (χ2v) is 8.72. The Morgan fingerprint density at radius 3 is 2.22 bits per heavy atom. The first-order chi connectivity index (χ1) is 12.7. The van der Waals surface area contributed by atoms with E-state index in [0.29, 0.717) is 17.0 Å². The van der Waals surface area contributed by atoms with Crippen molar-refractivity contribution in [1.29, 1.82) is 0 Å². The molecule has 0 bridgehead atoms. The highest BCUT2D eigenvalue weighted by Crippen LogP contribution is 2.32. The lowest BCUT2D eigenvalue weighted by atomic mass is 9.92. The van der Waals surface area contributed by atoms with E-state index in [4.69, 9.17) is 0 Å². The molecular weight excluding hydrogens is 410 g/mol. The summed E-state index contributed by atoms with van der Waals surface area (Å²) in [5, 5.41) is 9.08. The van der Waals surface area contributed by atoms with Gasteiger partial charge in [0.1, 0.15) is 5.82 Å². The van der Waals surface area contributed by atoms with Crippen molar-refractivity contribution in [3.63, 3.8) is 0 Å². The number of fused-ring (bicyclic) bond motifs is 2. The summed E-state index contributed by atoms with van der Waals surface area (Å²) in [5.41, 5.74) is 2.49. The maximum absolute atomic E-state index is 12.6. The van der Waals surface area contributed by atoms with Crippen LogP contribution in [0.25, 0.3) is 5.65 Å². The summed E-state index contributed by atoms with van der Waals surface area (Å²) in [4.78, 5) is 29.7. The van der Waals surface area contributed by atoms with Gasteiger partial charge in [-0.3, -0.25) is 14.5 Å². The zero-order valence-electron chi connectivity index (χ0n) is 15.6. The van der Waals surface area contributed by atoms with Crippen molar-refractivity contribution in [2.75, 3.05) is 6.54 Å². The zero-order chi connectivity index (χ0) is 19.5. The maximum Gasteiger partial charge on any atom is 0.261 e. The van der Waals surface area contributed by atoms with Gasteiger partial charge in [-0.15, -0.1) is 9.73 Å². The van der Waals surface area contributed by atoms with Crippen molar-refractivity contribution in [3.05, 3.63) is 51.4 Å². The van der Waals surface area contributed by atoms with Crippen LogP contribution in [-0.2, 0) is 5.41 Å². The van der Waals surface area contributed by atoms with Gasteiger partial charge in [0, 0.05) is 17.9 Å². The van der Waals surface area contributed by atoms with Gasteiger partial charge in [-0.2, -0.15) is 5.10 Å². The Hall–Kier alpha value is -2.48. The number of carbonyl (C=O) groups excluding carboxylic acids is 2. The molecule has 4 rings (SSSR count). The van der Waals surface area contributed by atoms with E-state index in [1.165, 1.54) is 4.90 Å². The summed E-state index contributed by atoms with van der Waals surface area (Å²) in [5.74, 6) is 0.0130. The highest BCUT2D eigenvalue weighted by atomic mass is 79.9. The van der Waals surface area contributed by atoms with Gasteiger partial charge in [0.2, 0.25) is 0 Å². The largest absolute Gasteiger partial charge is 0.324 e. The highest BCUT2D eigenvalue weighted by Gasteiger charge is 2.36. The van der Waals surface area contributed by atoms with E-state index in [1.54, 1.807) is 28.9 Å². The van der Waals surface area contributed by atoms with Crippen molar-refractivity contribution in [2.45, 2.75) is 39.0 Å². The number of nitrogens with zero attached hydrogens (tertiary/aromatic N) is 4. The topological polar surface area (TPSA) is 83.4 Å². The van der Waals surface area contributed by atoms with E-state index >= 15 is 0 Å². The number of H-pyrrole nitrogens is 1. The Morgan fingerprint density at radius 1 is 1.11 bits per heavy atom. The number of carbonyl (C=O) groups is 2. The molecule has 1 unspecified atom stereocenters. The lowest BCUT2D eigenvalue weighted by Gasteiger charge is -2.17. The number of nitrogens with one attached hydrogen (secondary N) is 1. The summed E-state index contributed by atoms with van der Waals surface area (Å²) >= 11 is 3.60. The fourth-order valence-electron chi connectivity index (χ4n) is 3.28. The molecule has 1 aliphatic rings. The van der Waals surface area contributed by atoms with Crippen molar-refractivity contribution in [3.8, 4) is 0 Å². The first-order valence-electron chi connectivity index (χ1n) is 8.78. The lowest BCUT2D eigenvalue weighted by molar-refractivity contribution is 0.0645. The summed E-state index contributed by atoms with van der Waals surface area (Å²) < 4.78 is 2.44. The van der Waals surface area contributed by atoms with Crippen LogP contribution in [0.1, 0.15) is 65.8 Å². The van der Waals surface area contributed by atoms with Crippen LogP contribution in [0.2, 0.25) is 0 Å². The van der Waals surface area contributed by atoms with Crippen LogP contribution in [0.4, 0.5) is 0 Å². The highest BCUT2D eigenvalue weighted by molar-refractivity contribution is 9.10. The minimum atomic E-state index is -0.255. The van der Waals surface area contributed by atoms with Crippen molar-refractivity contribution in [2.24, 2.45) is 0 Å². The second kappa shape index (κ2) is 6.02. The molecule has 1 atom stereocenters. The Bertz CT molecular complexity index is 1040. The molecule has 1 N–H and O–H groups in total. The monoisotopic (exact) mass is 429 g/mol. The molecule has 0 fully saturated rings. The second-order valence-electron chi connectivity index (χ2n) is 7.93. The predicted molar refractivity (Wildman–Crippen MR) is 104 cm³/mol. The lowest BCUT2D eigenvalue weighted by Crippen LogP contribution is -2.33. The van der Waals surface area contributed by atoms with Crippen LogP contribution in [0, 0.1) is 0 Å². The zero-order valence-corrected chi connectivity index (χ0v) is 17.2. The normalized spacial score (nSPS) is 15.7. The summed E-state index contributed by atoms with van der Waals surface area (Å²) in [7, 11) is 0. The molecule has 0 spiro atoms. The number of benzene rings is 1. The molecular formula is C19H20BrN5O2. The van der Waals surface area contributed by atoms with E-state index in [0.717, 1.165) is 15.8 Å². The summed E-state index contributed by atoms with van der Waals surface area (Å²) in [6.45, 7) is 8.45. The van der Waals surface area contributed by atoms with Crippen molar-refractivity contribution < 1.29 is 9.59 Å². The molecule has 3 heterocycles. The van der Waals surface area contributed by atoms with E-state index < -0.39 is 0 Å². The molecule has 0 aliphatic carbocycles. The molecule has 2 aromatic heterocycles. The van der Waals surface area contributed by atoms with Gasteiger partial charge >= 0.3 is 0 Å². The Balaban J connectivity index is 1.60. The number of halogens is 1. The van der Waals surface area contributed by atoms with Gasteiger partial charge in [-0.25, -0.2) is 0 Å². The van der Waals surface area contributed by atoms with Crippen LogP contribution < -0.4 is 0 Å². The van der Waals surface area contributed by atoms with Crippen LogP contribution in [-0.4, -0.2) is 43.1 Å². The number of aromatic nitrogens is 4. The molecule has 27 heavy (non-hydrogen) atoms. The summed E-state index contributed by atoms with van der Waals surface area (Å²) in [6, 6.07) is 6.91. The van der Waals surface area contributed by atoms with Gasteiger partial charge < -0.3 is 4.98 Å². The number of rotatable bonds is 3. The number of hydrogen-bond acceptors (Lipinski definition) is 4. The quantitative estimate of drug-likeness (QED) is 0.645. The van der Waals surface area contributed by atoms with E-state index in [-0.39, 0.29) is 29.7 Å². The van der Waals surface area contributed by atoms with E-state index in [2.05, 4.69) is 51.9 Å². The number of amides is 2. The van der Waals surface area contributed by atoms with Gasteiger partial charge in [-0.05, 0) is 28.1 Å². The van der Waals surface area contributed by atoms with E-state index in [9.17, 15) is 9.59 Å². The Morgan fingerprint density at radius 2 is 1.70 bits per heavy atom. The average Bonchev–Trinajstić information content (AvgIpc) is 3.23. The molecule has 1 aliphatic heterocycles. The van der Waals surface area contributed by atoms with Crippen molar-refractivity contribution >= 4 is 33.4 Å².